The molecule has 22 heavy (non-hydrogen) atoms. The summed E-state index contributed by atoms with van der Waals surface area (Å²) in [4.78, 5) is 8.73. The Balaban J connectivity index is 1.57. The van der Waals surface area contributed by atoms with Gasteiger partial charge in [0.2, 0.25) is 0 Å². The van der Waals surface area contributed by atoms with Gasteiger partial charge in [-0.05, 0) is 48.6 Å². The Morgan fingerprint density at radius 3 is 2.86 bits per heavy atom. The van der Waals surface area contributed by atoms with Crippen molar-refractivity contribution >= 4 is 33.8 Å². The second-order valence-electron chi connectivity index (χ2n) is 5.37. The highest BCUT2D eigenvalue weighted by molar-refractivity contribution is 7.14. The zero-order valence-corrected chi connectivity index (χ0v) is 13.4. The third kappa shape index (κ3) is 2.72. The van der Waals surface area contributed by atoms with Crippen LogP contribution in [0.4, 0.5) is 10.8 Å². The van der Waals surface area contributed by atoms with E-state index in [2.05, 4.69) is 38.9 Å². The standard InChI is InChI=1S/C17H14ClN3S/c18-16-7-6-14(9-19-16)20-17-21-15(10-22-17)13-5-4-11-2-1-3-12(11)8-13/h4-10H,1-3H2,(H,20,21). The van der Waals surface area contributed by atoms with Crippen LogP contribution in [0.2, 0.25) is 5.15 Å². The van der Waals surface area contributed by atoms with Gasteiger partial charge >= 0.3 is 0 Å². The zero-order valence-electron chi connectivity index (χ0n) is 11.8. The summed E-state index contributed by atoms with van der Waals surface area (Å²) in [6.45, 7) is 0. The van der Waals surface area contributed by atoms with Gasteiger partial charge in [0, 0.05) is 10.9 Å². The van der Waals surface area contributed by atoms with Gasteiger partial charge in [-0.2, -0.15) is 0 Å². The van der Waals surface area contributed by atoms with Gasteiger partial charge in [0.1, 0.15) is 5.15 Å². The quantitative estimate of drug-likeness (QED) is 0.681. The van der Waals surface area contributed by atoms with E-state index >= 15 is 0 Å². The number of aromatic nitrogens is 2. The van der Waals surface area contributed by atoms with Crippen molar-refractivity contribution < 1.29 is 0 Å². The Labute approximate surface area is 138 Å². The van der Waals surface area contributed by atoms with Gasteiger partial charge < -0.3 is 5.32 Å². The monoisotopic (exact) mass is 327 g/mol. The summed E-state index contributed by atoms with van der Waals surface area (Å²) in [5, 5.41) is 6.70. The summed E-state index contributed by atoms with van der Waals surface area (Å²) in [7, 11) is 0. The molecule has 0 radical (unpaired) electrons. The molecule has 3 aromatic rings. The second-order valence-corrected chi connectivity index (χ2v) is 6.61. The molecule has 5 heteroatoms. The number of hydrogen-bond acceptors (Lipinski definition) is 4. The first-order chi connectivity index (χ1) is 10.8. The molecule has 0 atom stereocenters. The minimum absolute atomic E-state index is 0.489. The Hall–Kier alpha value is -1.91. The predicted octanol–water partition coefficient (Wildman–Crippen LogP) is 5.09. The van der Waals surface area contributed by atoms with Crippen molar-refractivity contribution in [1.29, 1.82) is 0 Å². The average Bonchev–Trinajstić information content (AvgIpc) is 3.17. The molecule has 0 saturated carbocycles. The molecule has 0 spiro atoms. The highest BCUT2D eigenvalue weighted by Gasteiger charge is 2.12. The van der Waals surface area contributed by atoms with E-state index < -0.39 is 0 Å². The molecule has 1 aliphatic rings. The van der Waals surface area contributed by atoms with Crippen LogP contribution in [0.5, 0.6) is 0 Å². The first-order valence-corrected chi connectivity index (χ1v) is 8.50. The van der Waals surface area contributed by atoms with Crippen molar-refractivity contribution in [2.24, 2.45) is 0 Å². The molecule has 110 valence electrons. The van der Waals surface area contributed by atoms with Gasteiger partial charge in [-0.15, -0.1) is 11.3 Å². The number of halogens is 1. The van der Waals surface area contributed by atoms with Gasteiger partial charge in [-0.25, -0.2) is 9.97 Å². The molecule has 1 aliphatic carbocycles. The van der Waals surface area contributed by atoms with Crippen LogP contribution in [0.25, 0.3) is 11.3 Å². The lowest BCUT2D eigenvalue weighted by Gasteiger charge is -2.03. The van der Waals surface area contributed by atoms with E-state index in [1.54, 1.807) is 23.6 Å². The van der Waals surface area contributed by atoms with Crippen LogP contribution in [0.15, 0.2) is 41.9 Å². The summed E-state index contributed by atoms with van der Waals surface area (Å²) in [6.07, 6.45) is 5.38. The van der Waals surface area contributed by atoms with Crippen molar-refractivity contribution in [3.05, 3.63) is 58.2 Å². The maximum Gasteiger partial charge on any atom is 0.187 e. The molecule has 4 rings (SSSR count). The Bertz CT molecular complexity index is 811. The highest BCUT2D eigenvalue weighted by atomic mass is 35.5. The van der Waals surface area contributed by atoms with E-state index in [9.17, 15) is 0 Å². The van der Waals surface area contributed by atoms with Crippen molar-refractivity contribution in [3.8, 4) is 11.3 Å². The van der Waals surface area contributed by atoms with Crippen LogP contribution in [0, 0.1) is 0 Å². The summed E-state index contributed by atoms with van der Waals surface area (Å²) < 4.78 is 0. The summed E-state index contributed by atoms with van der Waals surface area (Å²) in [6, 6.07) is 10.4. The van der Waals surface area contributed by atoms with E-state index in [0.717, 1.165) is 16.5 Å². The van der Waals surface area contributed by atoms with Crippen LogP contribution in [0.1, 0.15) is 17.5 Å². The topological polar surface area (TPSA) is 37.8 Å². The van der Waals surface area contributed by atoms with Gasteiger partial charge in [0.05, 0.1) is 17.6 Å². The molecule has 0 saturated heterocycles. The summed E-state index contributed by atoms with van der Waals surface area (Å²) >= 11 is 7.39. The number of nitrogens with zero attached hydrogens (tertiary/aromatic N) is 2. The zero-order chi connectivity index (χ0) is 14.9. The number of anilines is 2. The third-order valence-electron chi connectivity index (χ3n) is 3.88. The maximum atomic E-state index is 5.79. The fraction of sp³-hybridized carbons (Fsp3) is 0.176. The molecule has 2 aromatic heterocycles. The van der Waals surface area contributed by atoms with Crippen LogP contribution in [-0.2, 0) is 12.8 Å². The second kappa shape index (κ2) is 5.71. The SMILES string of the molecule is Clc1ccc(Nc2nc(-c3ccc4c(c3)CCC4)cs2)cn1. The first-order valence-electron chi connectivity index (χ1n) is 7.24. The number of rotatable bonds is 3. The third-order valence-corrected chi connectivity index (χ3v) is 4.86. The largest absolute Gasteiger partial charge is 0.330 e. The van der Waals surface area contributed by atoms with Crippen LogP contribution < -0.4 is 5.32 Å². The van der Waals surface area contributed by atoms with Crippen molar-refractivity contribution in [1.82, 2.24) is 9.97 Å². The van der Waals surface area contributed by atoms with Gasteiger partial charge in [0.15, 0.2) is 5.13 Å². The fourth-order valence-corrected chi connectivity index (χ4v) is 3.62. The molecule has 1 N–H and O–H groups in total. The van der Waals surface area contributed by atoms with E-state index in [1.165, 1.54) is 36.0 Å². The first kappa shape index (κ1) is 13.7. The lowest BCUT2D eigenvalue weighted by Crippen LogP contribution is -1.90. The minimum atomic E-state index is 0.489. The summed E-state index contributed by atoms with van der Waals surface area (Å²) in [5.41, 5.74) is 6.06. The number of benzene rings is 1. The molecule has 2 heterocycles. The number of hydrogen-bond donors (Lipinski definition) is 1. The Morgan fingerprint density at radius 1 is 1.09 bits per heavy atom. The van der Waals surface area contributed by atoms with Crippen molar-refractivity contribution in [3.63, 3.8) is 0 Å². The van der Waals surface area contributed by atoms with E-state index in [1.807, 2.05) is 6.07 Å². The van der Waals surface area contributed by atoms with Crippen LogP contribution >= 0.6 is 22.9 Å². The molecular weight excluding hydrogens is 314 g/mol. The molecule has 0 unspecified atom stereocenters. The minimum Gasteiger partial charge on any atom is -0.330 e. The molecule has 1 aromatic carbocycles. The Morgan fingerprint density at radius 2 is 2.00 bits per heavy atom. The number of pyridine rings is 1. The van der Waals surface area contributed by atoms with Gasteiger partial charge in [0.25, 0.3) is 0 Å². The summed E-state index contributed by atoms with van der Waals surface area (Å²) in [5.74, 6) is 0. The Kier molecular flexibility index (Phi) is 3.56. The molecular formula is C17H14ClN3S. The molecule has 0 amide bonds. The lowest BCUT2D eigenvalue weighted by molar-refractivity contribution is 0.912. The smallest absolute Gasteiger partial charge is 0.187 e. The normalized spacial score (nSPS) is 13.1. The van der Waals surface area contributed by atoms with Crippen molar-refractivity contribution in [2.45, 2.75) is 19.3 Å². The van der Waals surface area contributed by atoms with Gasteiger partial charge in [-0.1, -0.05) is 23.7 Å². The predicted molar refractivity (Wildman–Crippen MR) is 92.1 cm³/mol. The molecule has 0 fully saturated rings. The number of fused-ring (bicyclic) bond motifs is 1. The van der Waals surface area contributed by atoms with Gasteiger partial charge in [-0.3, -0.25) is 0 Å². The van der Waals surface area contributed by atoms with E-state index in [0.29, 0.717) is 5.15 Å². The maximum absolute atomic E-state index is 5.79. The molecule has 0 aliphatic heterocycles. The van der Waals surface area contributed by atoms with E-state index in [4.69, 9.17) is 11.6 Å². The lowest BCUT2D eigenvalue weighted by atomic mass is 10.1. The number of nitrogens with one attached hydrogen (secondary N) is 1. The number of thiazole rings is 1. The van der Waals surface area contributed by atoms with Crippen LogP contribution in [0.3, 0.4) is 0 Å². The van der Waals surface area contributed by atoms with Crippen molar-refractivity contribution in [2.75, 3.05) is 5.32 Å². The molecule has 3 nitrogen and oxygen atoms in total. The van der Waals surface area contributed by atoms with Crippen LogP contribution in [-0.4, -0.2) is 9.97 Å². The molecule has 0 bridgehead atoms. The average molecular weight is 328 g/mol. The fourth-order valence-electron chi connectivity index (χ4n) is 2.77. The number of aryl methyl sites for hydroxylation is 2. The highest BCUT2D eigenvalue weighted by Crippen LogP contribution is 2.31. The van der Waals surface area contributed by atoms with E-state index in [-0.39, 0.29) is 0 Å².